The van der Waals surface area contributed by atoms with Crippen LogP contribution in [0.1, 0.15) is 58.3 Å². The molecule has 2 N–H and O–H groups in total. The number of ether oxygens (including phenoxy) is 1. The molecule has 0 aromatic heterocycles. The van der Waals surface area contributed by atoms with Crippen LogP contribution < -0.4 is 0 Å². The molecule has 0 spiro atoms. The van der Waals surface area contributed by atoms with Gasteiger partial charge in [0, 0.05) is 18.9 Å². The predicted molar refractivity (Wildman–Crippen MR) is 88.8 cm³/mol. The first-order valence-corrected chi connectivity index (χ1v) is 8.74. The molecule has 0 aromatic rings. The maximum absolute atomic E-state index is 10.6. The van der Waals surface area contributed by atoms with Crippen LogP contribution in [-0.4, -0.2) is 34.5 Å². The van der Waals surface area contributed by atoms with Gasteiger partial charge in [-0.25, -0.2) is 0 Å². The van der Waals surface area contributed by atoms with E-state index in [2.05, 4.69) is 18.9 Å². The topological polar surface area (TPSA) is 66.8 Å². The number of carbonyl (C=O) groups is 1. The lowest BCUT2D eigenvalue weighted by atomic mass is 9.53. The zero-order chi connectivity index (χ0) is 16.9. The Hall–Kier alpha value is -1.31. The quantitative estimate of drug-likeness (QED) is 0.409. The number of aliphatic carboxylic acids is 1. The summed E-state index contributed by atoms with van der Waals surface area (Å²) < 4.78 is 6.29. The van der Waals surface area contributed by atoms with Crippen LogP contribution in [0.2, 0.25) is 0 Å². The summed E-state index contributed by atoms with van der Waals surface area (Å²) in [7, 11) is 0. The molecular formula is C19H28O4. The number of allylic oxidation sites excluding steroid dienone is 1. The van der Waals surface area contributed by atoms with Gasteiger partial charge in [0.1, 0.15) is 0 Å². The van der Waals surface area contributed by atoms with Crippen LogP contribution in [-0.2, 0) is 9.53 Å². The van der Waals surface area contributed by atoms with Crippen LogP contribution in [0.3, 0.4) is 0 Å². The number of carboxylic acid groups (broad SMARTS) is 1. The SMILES string of the molecule is C#CC1C(O)CCC2(OCCCC)C(=CCCCC(=O)O)CC12. The molecule has 2 rings (SSSR count). The number of fused-ring (bicyclic) bond motifs is 1. The summed E-state index contributed by atoms with van der Waals surface area (Å²) in [4.78, 5) is 10.6. The van der Waals surface area contributed by atoms with E-state index in [-0.39, 0.29) is 23.9 Å². The van der Waals surface area contributed by atoms with Crippen molar-refractivity contribution in [1.82, 2.24) is 0 Å². The van der Waals surface area contributed by atoms with Crippen molar-refractivity contribution in [3.63, 3.8) is 0 Å². The number of hydrogen-bond donors (Lipinski definition) is 2. The number of aliphatic hydroxyl groups excluding tert-OH is 1. The molecule has 2 aliphatic carbocycles. The number of carboxylic acids is 1. The highest BCUT2D eigenvalue weighted by molar-refractivity contribution is 5.66. The molecule has 0 saturated heterocycles. The van der Waals surface area contributed by atoms with Gasteiger partial charge in [-0.3, -0.25) is 4.79 Å². The molecule has 4 unspecified atom stereocenters. The normalized spacial score (nSPS) is 34.5. The highest BCUT2D eigenvalue weighted by Gasteiger charge is 2.58. The molecule has 0 aromatic carbocycles. The fourth-order valence-electron chi connectivity index (χ4n) is 3.94. The van der Waals surface area contributed by atoms with Crippen LogP contribution in [0.5, 0.6) is 0 Å². The van der Waals surface area contributed by atoms with Crippen molar-refractivity contribution in [3.8, 4) is 12.3 Å². The zero-order valence-electron chi connectivity index (χ0n) is 14.0. The molecular weight excluding hydrogens is 292 g/mol. The van der Waals surface area contributed by atoms with Gasteiger partial charge in [0.25, 0.3) is 0 Å². The Morgan fingerprint density at radius 2 is 2.30 bits per heavy atom. The van der Waals surface area contributed by atoms with Gasteiger partial charge < -0.3 is 14.9 Å². The maximum atomic E-state index is 10.6. The maximum Gasteiger partial charge on any atom is 0.303 e. The minimum atomic E-state index is -0.753. The molecule has 2 fully saturated rings. The van der Waals surface area contributed by atoms with Crippen LogP contribution in [0.25, 0.3) is 0 Å². The smallest absolute Gasteiger partial charge is 0.303 e. The first kappa shape index (κ1) is 18.0. The van der Waals surface area contributed by atoms with E-state index in [9.17, 15) is 9.90 Å². The Labute approximate surface area is 138 Å². The molecule has 2 saturated carbocycles. The second kappa shape index (κ2) is 7.99. The molecule has 23 heavy (non-hydrogen) atoms. The van der Waals surface area contributed by atoms with Crippen molar-refractivity contribution < 1.29 is 19.7 Å². The number of terminal acetylenes is 1. The van der Waals surface area contributed by atoms with Crippen molar-refractivity contribution in [2.24, 2.45) is 11.8 Å². The van der Waals surface area contributed by atoms with Gasteiger partial charge in [0.15, 0.2) is 0 Å². The lowest BCUT2D eigenvalue weighted by molar-refractivity contribution is -0.156. The van der Waals surface area contributed by atoms with Crippen LogP contribution in [0, 0.1) is 24.2 Å². The van der Waals surface area contributed by atoms with E-state index in [4.69, 9.17) is 16.3 Å². The summed E-state index contributed by atoms with van der Waals surface area (Å²) in [5, 5.41) is 18.9. The Balaban J connectivity index is 2.06. The summed E-state index contributed by atoms with van der Waals surface area (Å²) in [5.41, 5.74) is 0.949. The molecule has 0 aliphatic heterocycles. The Bertz CT molecular complexity index is 490. The van der Waals surface area contributed by atoms with Crippen LogP contribution in [0.4, 0.5) is 0 Å². The first-order chi connectivity index (χ1) is 11.0. The van der Waals surface area contributed by atoms with E-state index in [1.54, 1.807) is 0 Å². The number of unbranched alkanes of at least 4 members (excludes halogenated alkanes) is 2. The summed E-state index contributed by atoms with van der Waals surface area (Å²) >= 11 is 0. The van der Waals surface area contributed by atoms with E-state index in [0.717, 1.165) is 32.1 Å². The van der Waals surface area contributed by atoms with Gasteiger partial charge in [-0.2, -0.15) is 0 Å². The summed E-state index contributed by atoms with van der Waals surface area (Å²) in [6.45, 7) is 2.85. The van der Waals surface area contributed by atoms with Gasteiger partial charge >= 0.3 is 5.97 Å². The lowest BCUT2D eigenvalue weighted by Gasteiger charge is -2.57. The Morgan fingerprint density at radius 1 is 1.52 bits per heavy atom. The zero-order valence-corrected chi connectivity index (χ0v) is 14.0. The molecule has 4 atom stereocenters. The molecule has 0 heterocycles. The fraction of sp³-hybridized carbons (Fsp3) is 0.737. The lowest BCUT2D eigenvalue weighted by Crippen LogP contribution is -2.60. The van der Waals surface area contributed by atoms with E-state index in [1.165, 1.54) is 5.57 Å². The summed E-state index contributed by atoms with van der Waals surface area (Å²) in [6.07, 6.45) is 13.4. The van der Waals surface area contributed by atoms with Gasteiger partial charge in [0.2, 0.25) is 0 Å². The highest BCUT2D eigenvalue weighted by atomic mass is 16.5. The molecule has 0 bridgehead atoms. The Morgan fingerprint density at radius 3 is 2.96 bits per heavy atom. The van der Waals surface area contributed by atoms with Gasteiger partial charge in [0.05, 0.1) is 17.6 Å². The average Bonchev–Trinajstić information content (AvgIpc) is 2.51. The first-order valence-electron chi connectivity index (χ1n) is 8.74. The molecule has 128 valence electrons. The minimum absolute atomic E-state index is 0.137. The third-order valence-corrected chi connectivity index (χ3v) is 5.28. The highest BCUT2D eigenvalue weighted by Crippen LogP contribution is 2.57. The predicted octanol–water partition coefficient (Wildman–Crippen LogP) is 3.15. The second-order valence-corrected chi connectivity index (χ2v) is 6.72. The van der Waals surface area contributed by atoms with Crippen molar-refractivity contribution in [2.75, 3.05) is 6.61 Å². The van der Waals surface area contributed by atoms with Crippen molar-refractivity contribution >= 4 is 5.97 Å². The average molecular weight is 320 g/mol. The monoisotopic (exact) mass is 320 g/mol. The molecule has 4 nitrogen and oxygen atoms in total. The fourth-order valence-corrected chi connectivity index (χ4v) is 3.94. The summed E-state index contributed by atoms with van der Waals surface area (Å²) in [6, 6.07) is 0. The minimum Gasteiger partial charge on any atom is -0.481 e. The third-order valence-electron chi connectivity index (χ3n) is 5.28. The second-order valence-electron chi connectivity index (χ2n) is 6.72. The van der Waals surface area contributed by atoms with Gasteiger partial charge in [-0.1, -0.05) is 19.4 Å². The van der Waals surface area contributed by atoms with Crippen LogP contribution in [0.15, 0.2) is 11.6 Å². The number of rotatable bonds is 8. The van der Waals surface area contributed by atoms with Gasteiger partial charge in [-0.15, -0.1) is 12.3 Å². The number of hydrogen-bond acceptors (Lipinski definition) is 3. The van der Waals surface area contributed by atoms with E-state index >= 15 is 0 Å². The Kier molecular flexibility index (Phi) is 6.26. The van der Waals surface area contributed by atoms with E-state index in [1.807, 2.05) is 0 Å². The van der Waals surface area contributed by atoms with Crippen molar-refractivity contribution in [2.45, 2.75) is 70.0 Å². The standard InChI is InChI=1S/C19H28O4/c1-3-5-12-23-19-11-10-17(20)15(4-2)16(19)13-14(19)8-6-7-9-18(21)22/h2,8,15-17,20H,3,5-7,9-13H2,1H3,(H,21,22). The largest absolute Gasteiger partial charge is 0.481 e. The number of aliphatic hydroxyl groups is 1. The molecule has 0 amide bonds. The summed E-state index contributed by atoms with van der Waals surface area (Å²) in [5.74, 6) is 2.07. The van der Waals surface area contributed by atoms with Crippen molar-refractivity contribution in [1.29, 1.82) is 0 Å². The van der Waals surface area contributed by atoms with E-state index in [0.29, 0.717) is 19.4 Å². The van der Waals surface area contributed by atoms with Crippen molar-refractivity contribution in [3.05, 3.63) is 11.6 Å². The van der Waals surface area contributed by atoms with E-state index < -0.39 is 12.1 Å². The van der Waals surface area contributed by atoms with Gasteiger partial charge in [-0.05, 0) is 44.1 Å². The van der Waals surface area contributed by atoms with Crippen LogP contribution >= 0.6 is 0 Å². The third kappa shape index (κ3) is 3.79. The molecule has 0 radical (unpaired) electrons. The molecule has 4 heteroatoms. The molecule has 2 aliphatic rings.